The van der Waals surface area contributed by atoms with Gasteiger partial charge in [0.05, 0.1) is 36.3 Å². The Labute approximate surface area is 279 Å². The van der Waals surface area contributed by atoms with E-state index < -0.39 is 53.1 Å². The van der Waals surface area contributed by atoms with Crippen LogP contribution in [0.5, 0.6) is 0 Å². The second kappa shape index (κ2) is 14.3. The molecule has 0 aliphatic rings. The molecule has 0 fully saturated rings. The number of hydrogen-bond donors (Lipinski definition) is 1. The van der Waals surface area contributed by atoms with E-state index in [9.17, 15) is 52.7 Å². The first-order valence-electron chi connectivity index (χ1n) is 14.9. The average molecular weight is 713 g/mol. The third-order valence-electron chi connectivity index (χ3n) is 8.30. The van der Waals surface area contributed by atoms with Crippen LogP contribution in [-0.2, 0) is 24.7 Å². The second-order valence-electron chi connectivity index (χ2n) is 11.7. The molecule has 0 atom stereocenters. The number of hydrogen-bond acceptors (Lipinski definition) is 0. The maximum Gasteiger partial charge on any atom is 0.416 e. The molecule has 5 aromatic carbocycles. The van der Waals surface area contributed by atoms with Gasteiger partial charge in [0.25, 0.3) is 0 Å². The molecule has 14 heteroatoms. The number of alkyl halides is 12. The topological polar surface area (TPSA) is 4.44 Å². The number of nitrogens with one attached hydrogen (secondary N) is 1. The number of para-hydroxylation sites is 1. The van der Waals surface area contributed by atoms with Gasteiger partial charge < -0.3 is 4.90 Å². The zero-order chi connectivity index (χ0) is 37.1. The summed E-state index contributed by atoms with van der Waals surface area (Å²) in [6, 6.07) is 23.9. The van der Waals surface area contributed by atoms with E-state index in [4.69, 9.17) is 0 Å². The fraction of sp³-hybridized carbons (Fsp3) is 0.167. The minimum absolute atomic E-state index is 0.0114. The molecule has 0 unspecified atom stereocenters. The van der Waals surface area contributed by atoms with E-state index in [1.807, 2.05) is 6.07 Å². The highest BCUT2D eigenvalue weighted by Crippen LogP contribution is 2.32. The van der Waals surface area contributed by atoms with Crippen LogP contribution in [-0.4, -0.2) is 20.2 Å². The molecule has 0 spiro atoms. The fourth-order valence-electron chi connectivity index (χ4n) is 5.77. The SMILES string of the molecule is C[NH+](C)c1ccccc1.FC(F)(F)c1ccc([B-](c2ccc(C(F)(F)F)cc2)(c2ccc(C(F)(F)F)cc2)c2ccc(C(F)(F)F)cc2)cc1. The molecule has 50 heavy (non-hydrogen) atoms. The van der Waals surface area contributed by atoms with Gasteiger partial charge in [-0.3, -0.25) is 0 Å². The van der Waals surface area contributed by atoms with Crippen molar-refractivity contribution < 1.29 is 57.6 Å². The van der Waals surface area contributed by atoms with Gasteiger partial charge in [0.15, 0.2) is 0 Å². The van der Waals surface area contributed by atoms with Crippen LogP contribution < -0.4 is 26.8 Å². The highest BCUT2D eigenvalue weighted by Gasteiger charge is 2.38. The van der Waals surface area contributed by atoms with Crippen molar-refractivity contribution >= 4 is 33.7 Å². The van der Waals surface area contributed by atoms with Crippen LogP contribution in [0.15, 0.2) is 127 Å². The zero-order valence-corrected chi connectivity index (χ0v) is 26.2. The van der Waals surface area contributed by atoms with E-state index >= 15 is 0 Å². The molecule has 264 valence electrons. The number of halogens is 12. The molecule has 1 N–H and O–H groups in total. The summed E-state index contributed by atoms with van der Waals surface area (Å²) in [6.07, 6.45) is -22.0. The summed E-state index contributed by atoms with van der Waals surface area (Å²) in [6.45, 7) is 0. The first-order chi connectivity index (χ1) is 23.1. The molecule has 0 aliphatic heterocycles. The smallest absolute Gasteiger partial charge is 0.307 e. The van der Waals surface area contributed by atoms with Gasteiger partial charge >= 0.3 is 24.7 Å². The Hall–Kier alpha value is -4.72. The third kappa shape index (κ3) is 8.52. The molecule has 1 nitrogen and oxygen atoms in total. The van der Waals surface area contributed by atoms with Gasteiger partial charge in [0.1, 0.15) is 11.8 Å². The normalized spacial score (nSPS) is 12.8. The van der Waals surface area contributed by atoms with E-state index in [-0.39, 0.29) is 21.9 Å². The Morgan fingerprint density at radius 1 is 0.340 bits per heavy atom. The molecule has 5 aromatic rings. The summed E-state index contributed by atoms with van der Waals surface area (Å²) >= 11 is 0. The first kappa shape index (κ1) is 38.1. The fourth-order valence-corrected chi connectivity index (χ4v) is 5.77. The van der Waals surface area contributed by atoms with E-state index in [0.717, 1.165) is 48.5 Å². The van der Waals surface area contributed by atoms with Crippen molar-refractivity contribution in [3.05, 3.63) is 150 Å². The minimum Gasteiger partial charge on any atom is -0.307 e. The molecule has 0 bridgehead atoms. The van der Waals surface area contributed by atoms with E-state index in [2.05, 4.69) is 38.4 Å². The molecule has 5 rings (SSSR count). The lowest BCUT2D eigenvalue weighted by molar-refractivity contribution is -0.786. The van der Waals surface area contributed by atoms with Crippen LogP contribution in [0.25, 0.3) is 0 Å². The lowest BCUT2D eigenvalue weighted by Crippen LogP contribution is -3.00. The van der Waals surface area contributed by atoms with Crippen LogP contribution in [0, 0.1) is 0 Å². The molecule has 0 aromatic heterocycles. The van der Waals surface area contributed by atoms with Gasteiger partial charge in [-0.25, -0.2) is 0 Å². The van der Waals surface area contributed by atoms with E-state index in [1.54, 1.807) is 0 Å². The van der Waals surface area contributed by atoms with E-state index in [1.165, 1.54) is 10.6 Å². The van der Waals surface area contributed by atoms with Crippen molar-refractivity contribution in [3.63, 3.8) is 0 Å². The van der Waals surface area contributed by atoms with E-state index in [0.29, 0.717) is 48.5 Å². The van der Waals surface area contributed by atoms with Gasteiger partial charge in [0.2, 0.25) is 0 Å². The molecule has 0 aliphatic carbocycles. The van der Waals surface area contributed by atoms with Crippen LogP contribution in [0.3, 0.4) is 0 Å². The molecule has 0 saturated heterocycles. The van der Waals surface area contributed by atoms with Gasteiger partial charge in [-0.2, -0.15) is 74.5 Å². The van der Waals surface area contributed by atoms with Gasteiger partial charge in [0, 0.05) is 0 Å². The molecule has 0 saturated carbocycles. The summed E-state index contributed by atoms with van der Waals surface area (Å²) in [7, 11) is 4.24. The molecular weight excluding hydrogens is 685 g/mol. The highest BCUT2D eigenvalue weighted by atomic mass is 19.4. The Morgan fingerprint density at radius 3 is 0.720 bits per heavy atom. The Kier molecular flexibility index (Phi) is 10.9. The van der Waals surface area contributed by atoms with Crippen molar-refractivity contribution in [3.8, 4) is 0 Å². The van der Waals surface area contributed by atoms with Gasteiger partial charge in [-0.05, 0) is 12.1 Å². The Bertz CT molecular complexity index is 1590. The number of quaternary nitrogens is 1. The van der Waals surface area contributed by atoms with Crippen molar-refractivity contribution in [2.45, 2.75) is 24.7 Å². The predicted octanol–water partition coefficient (Wildman–Crippen LogP) is 7.60. The second-order valence-corrected chi connectivity index (χ2v) is 11.7. The van der Waals surface area contributed by atoms with Gasteiger partial charge in [-0.1, -0.05) is 115 Å². The van der Waals surface area contributed by atoms with Crippen molar-refractivity contribution in [2.24, 2.45) is 0 Å². The quantitative estimate of drug-likeness (QED) is 0.142. The number of rotatable bonds is 5. The summed E-state index contributed by atoms with van der Waals surface area (Å²) < 4.78 is 160. The Morgan fingerprint density at radius 2 is 0.560 bits per heavy atom. The highest BCUT2D eigenvalue weighted by molar-refractivity contribution is 7.19. The minimum atomic E-state index is -4.77. The monoisotopic (exact) mass is 713 g/mol. The third-order valence-corrected chi connectivity index (χ3v) is 8.30. The van der Waals surface area contributed by atoms with Crippen molar-refractivity contribution in [1.29, 1.82) is 0 Å². The standard InChI is InChI=1S/C28H16BF12.C8H11N/c30-25(31,32)17-1-9-21(10-2-17)29(22-11-3-18(4-12-22)26(33,34)35,23-13-5-19(6-14-23)27(36,37)38)24-15-7-20(8-16-24)28(39,40)41;1-9(2)8-6-4-3-5-7-8/h1-16H;3-7H,1-2H3/q-1;/p+1. The van der Waals surface area contributed by atoms with Gasteiger partial charge in [-0.15, -0.1) is 0 Å². The molecule has 0 amide bonds. The maximum absolute atomic E-state index is 13.3. The average Bonchev–Trinajstić information content (AvgIpc) is 3.05. The molecule has 0 radical (unpaired) electrons. The van der Waals surface area contributed by atoms with Crippen LogP contribution in [0.1, 0.15) is 22.3 Å². The number of benzene rings is 5. The predicted molar refractivity (Wildman–Crippen MR) is 169 cm³/mol. The van der Waals surface area contributed by atoms with Crippen LogP contribution in [0.4, 0.5) is 58.4 Å². The zero-order valence-electron chi connectivity index (χ0n) is 26.2. The largest absolute Gasteiger partial charge is 0.416 e. The lowest BCUT2D eigenvalue weighted by atomic mass is 9.13. The summed E-state index contributed by atoms with van der Waals surface area (Å²) in [5, 5.41) is 0. The Balaban J connectivity index is 0.000000541. The summed E-state index contributed by atoms with van der Waals surface area (Å²) in [5.41, 5.74) is -2.96. The summed E-state index contributed by atoms with van der Waals surface area (Å²) in [5.74, 6) is 0. The molecule has 0 heterocycles. The van der Waals surface area contributed by atoms with Crippen molar-refractivity contribution in [1.82, 2.24) is 0 Å². The summed E-state index contributed by atoms with van der Waals surface area (Å²) in [4.78, 5) is 1.37. The first-order valence-corrected chi connectivity index (χ1v) is 14.9. The maximum atomic E-state index is 13.3. The van der Waals surface area contributed by atoms with Crippen molar-refractivity contribution in [2.75, 3.05) is 14.1 Å². The molecular formula is C36H28BF12N. The van der Waals surface area contributed by atoms with Crippen LogP contribution in [0.2, 0.25) is 0 Å². The lowest BCUT2D eigenvalue weighted by Gasteiger charge is -2.44. The van der Waals surface area contributed by atoms with Crippen LogP contribution >= 0.6 is 0 Å².